The first-order chi connectivity index (χ1) is 29.0. The summed E-state index contributed by atoms with van der Waals surface area (Å²) < 4.78 is 54.7. The standard InChI is InChI=1S/C44H55F3N8O5S/c1-7-54-36-11-10-26-17-28(36)31(39(54)30-18-27(22-48-38(30)25(2)59-6)53-15-13-52(5)14-16-53)21-43(3,4)24-60-42(58)33-9-8-12-55(51-33)41(57)34(20-37-49-35(26)23-61-37)50-40(56)29-19-32(29)44(45,46)47/h10-11,17-18,22-23,25,29,32-34,51H,7-9,12-16,19-21,24H2,1-6H3,(H,50,56)/t25-,29-,32?,33-,34-/m0/s1. The van der Waals surface area contributed by atoms with Gasteiger partial charge in [0.15, 0.2) is 0 Å². The van der Waals surface area contributed by atoms with E-state index in [1.165, 1.54) is 16.3 Å². The number of amides is 2. The van der Waals surface area contributed by atoms with Gasteiger partial charge in [0, 0.05) is 85.6 Å². The lowest BCUT2D eigenvalue weighted by molar-refractivity contribution is -0.156. The first kappa shape index (κ1) is 43.1. The van der Waals surface area contributed by atoms with Crippen molar-refractivity contribution in [2.75, 3.05) is 58.4 Å². The van der Waals surface area contributed by atoms with Crippen LogP contribution in [-0.2, 0) is 43.2 Å². The van der Waals surface area contributed by atoms with Crippen molar-refractivity contribution >= 4 is 45.7 Å². The highest BCUT2D eigenvalue weighted by molar-refractivity contribution is 7.10. The third-order valence-electron chi connectivity index (χ3n) is 12.6. The van der Waals surface area contributed by atoms with E-state index in [1.54, 1.807) is 7.11 Å². The summed E-state index contributed by atoms with van der Waals surface area (Å²) >= 11 is 1.32. The van der Waals surface area contributed by atoms with E-state index in [-0.39, 0.29) is 32.1 Å². The monoisotopic (exact) mass is 864 g/mol. The van der Waals surface area contributed by atoms with Gasteiger partial charge in [0.05, 0.1) is 58.5 Å². The number of thiazole rings is 1. The quantitative estimate of drug-likeness (QED) is 0.209. The summed E-state index contributed by atoms with van der Waals surface area (Å²) in [6, 6.07) is 6.45. The first-order valence-corrected chi connectivity index (χ1v) is 22.1. The predicted octanol–water partition coefficient (Wildman–Crippen LogP) is 6.15. The number of halogens is 3. The number of pyridine rings is 1. The molecule has 1 unspecified atom stereocenters. The van der Waals surface area contributed by atoms with E-state index < -0.39 is 53.3 Å². The van der Waals surface area contributed by atoms with Crippen molar-refractivity contribution in [2.24, 2.45) is 17.3 Å². The van der Waals surface area contributed by atoms with Gasteiger partial charge in [-0.3, -0.25) is 24.4 Å². The predicted molar refractivity (Wildman–Crippen MR) is 227 cm³/mol. The van der Waals surface area contributed by atoms with E-state index in [1.807, 2.05) is 24.6 Å². The first-order valence-electron chi connectivity index (χ1n) is 21.2. The normalized spacial score (nSPS) is 24.3. The fourth-order valence-corrected chi connectivity index (χ4v) is 9.81. The molecule has 1 aromatic carbocycles. The van der Waals surface area contributed by atoms with Crippen molar-refractivity contribution in [1.29, 1.82) is 0 Å². The molecule has 61 heavy (non-hydrogen) atoms. The number of nitrogens with one attached hydrogen (secondary N) is 2. The van der Waals surface area contributed by atoms with Gasteiger partial charge < -0.3 is 29.2 Å². The van der Waals surface area contributed by atoms with E-state index in [4.69, 9.17) is 19.4 Å². The van der Waals surface area contributed by atoms with Gasteiger partial charge in [-0.05, 0) is 70.3 Å². The van der Waals surface area contributed by atoms with Gasteiger partial charge in [-0.1, -0.05) is 19.9 Å². The molecule has 3 fully saturated rings. The molecule has 1 aliphatic carbocycles. The van der Waals surface area contributed by atoms with Crippen LogP contribution in [-0.4, -0.2) is 114 Å². The van der Waals surface area contributed by atoms with Crippen LogP contribution in [0.2, 0.25) is 0 Å². The number of likely N-dealkylation sites (N-methyl/N-ethyl adjacent to an activating group) is 1. The number of cyclic esters (lactones) is 1. The van der Waals surface area contributed by atoms with Gasteiger partial charge in [0.1, 0.15) is 12.1 Å². The Labute approximate surface area is 357 Å². The van der Waals surface area contributed by atoms with Crippen LogP contribution in [0.5, 0.6) is 0 Å². The highest BCUT2D eigenvalue weighted by atomic mass is 32.1. The largest absolute Gasteiger partial charge is 0.464 e. The molecule has 6 bridgehead atoms. The summed E-state index contributed by atoms with van der Waals surface area (Å²) in [5.74, 6) is -4.88. The summed E-state index contributed by atoms with van der Waals surface area (Å²) in [5.41, 5.74) is 9.93. The van der Waals surface area contributed by atoms with Crippen LogP contribution in [0.15, 0.2) is 35.8 Å². The fourth-order valence-electron chi connectivity index (χ4n) is 8.96. The maximum absolute atomic E-state index is 14.1. The lowest BCUT2D eigenvalue weighted by Gasteiger charge is -2.35. The zero-order valence-electron chi connectivity index (χ0n) is 35.6. The number of nitrogens with zero attached hydrogens (tertiary/aromatic N) is 6. The number of aromatic nitrogens is 3. The number of ether oxygens (including phenoxy) is 2. The number of esters is 1. The second kappa shape index (κ2) is 16.9. The maximum Gasteiger partial charge on any atom is 0.392 e. The molecule has 1 saturated carbocycles. The van der Waals surface area contributed by atoms with Gasteiger partial charge in [-0.15, -0.1) is 11.3 Å². The maximum atomic E-state index is 14.1. The van der Waals surface area contributed by atoms with E-state index in [0.29, 0.717) is 36.5 Å². The number of alkyl halides is 3. The number of benzene rings is 1. The number of anilines is 1. The number of carbonyl (C=O) groups excluding carboxylic acids is 3. The Kier molecular flexibility index (Phi) is 12.0. The number of hydrazine groups is 1. The Bertz CT molecular complexity index is 2300. The van der Waals surface area contributed by atoms with Crippen molar-refractivity contribution < 1.29 is 37.0 Å². The summed E-state index contributed by atoms with van der Waals surface area (Å²) in [5, 5.41) is 7.37. The van der Waals surface area contributed by atoms with Gasteiger partial charge >= 0.3 is 12.1 Å². The minimum atomic E-state index is -4.50. The van der Waals surface area contributed by atoms with Crippen molar-refractivity contribution in [3.8, 4) is 22.5 Å². The minimum absolute atomic E-state index is 0.0406. The van der Waals surface area contributed by atoms with Gasteiger partial charge in [-0.2, -0.15) is 13.2 Å². The number of hydrogen-bond donors (Lipinski definition) is 2. The number of piperazine rings is 1. The molecule has 5 atom stereocenters. The Morgan fingerprint density at radius 2 is 1.92 bits per heavy atom. The Morgan fingerprint density at radius 1 is 1.15 bits per heavy atom. The Balaban J connectivity index is 1.24. The Morgan fingerprint density at radius 3 is 2.62 bits per heavy atom. The number of methoxy groups -OCH3 is 1. The molecule has 4 aliphatic rings. The van der Waals surface area contributed by atoms with Crippen molar-refractivity contribution in [2.45, 2.75) is 90.7 Å². The van der Waals surface area contributed by atoms with Crippen LogP contribution < -0.4 is 15.6 Å². The zero-order chi connectivity index (χ0) is 43.4. The van der Waals surface area contributed by atoms with Crippen LogP contribution in [0, 0.1) is 17.3 Å². The molecule has 13 nitrogen and oxygen atoms in total. The van der Waals surface area contributed by atoms with Crippen LogP contribution in [0.3, 0.4) is 0 Å². The number of fused-ring (bicyclic) bond motifs is 6. The highest BCUT2D eigenvalue weighted by Gasteiger charge is 2.59. The molecule has 2 saturated heterocycles. The summed E-state index contributed by atoms with van der Waals surface area (Å²) in [6.45, 7) is 12.9. The number of hydrogen-bond acceptors (Lipinski definition) is 11. The molecule has 0 spiro atoms. The average Bonchev–Trinajstić information content (AvgIpc) is 3.86. The van der Waals surface area contributed by atoms with Crippen molar-refractivity contribution in [3.05, 3.63) is 52.1 Å². The zero-order valence-corrected chi connectivity index (χ0v) is 36.4. The molecule has 3 aromatic heterocycles. The van der Waals surface area contributed by atoms with Crippen molar-refractivity contribution in [1.82, 2.24) is 35.2 Å². The van der Waals surface area contributed by atoms with Gasteiger partial charge in [-0.25, -0.2) is 10.4 Å². The molecular weight excluding hydrogens is 810 g/mol. The summed E-state index contributed by atoms with van der Waals surface area (Å²) in [7, 11) is 3.82. The van der Waals surface area contributed by atoms with E-state index >= 15 is 0 Å². The van der Waals surface area contributed by atoms with Crippen LogP contribution in [0.1, 0.15) is 69.3 Å². The Hall–Kier alpha value is -4.58. The van der Waals surface area contributed by atoms with E-state index in [2.05, 4.69) is 71.1 Å². The van der Waals surface area contributed by atoms with Crippen molar-refractivity contribution in [3.63, 3.8) is 0 Å². The number of rotatable bonds is 7. The van der Waals surface area contributed by atoms with E-state index in [0.717, 1.165) is 70.8 Å². The topological polar surface area (TPSA) is 134 Å². The summed E-state index contributed by atoms with van der Waals surface area (Å²) in [4.78, 5) is 55.8. The average molecular weight is 865 g/mol. The van der Waals surface area contributed by atoms with Crippen LogP contribution in [0.4, 0.5) is 18.9 Å². The third-order valence-corrected chi connectivity index (χ3v) is 13.5. The fraction of sp³-hybridized carbons (Fsp3) is 0.568. The van der Waals surface area contributed by atoms with Gasteiger partial charge in [0.2, 0.25) is 5.91 Å². The SMILES string of the molecule is CCn1c(-c2cc(N3CCN(C)CC3)cnc2[C@H](C)OC)c2c3cc(ccc31)-c1csc(n1)C[C@H](NC(=O)[C@H]1CC1C(F)(F)F)C(=O)N1CCC[C@H](N1)C(=O)OCC(C)(C)C2. The number of carbonyl (C=O) groups is 3. The summed E-state index contributed by atoms with van der Waals surface area (Å²) in [6.07, 6.45) is -1.77. The third kappa shape index (κ3) is 8.88. The molecular formula is C44H55F3N8O5S. The molecule has 328 valence electrons. The molecule has 6 heterocycles. The lowest BCUT2D eigenvalue weighted by atomic mass is 9.84. The number of aryl methyl sites for hydroxylation is 1. The molecule has 0 radical (unpaired) electrons. The lowest BCUT2D eigenvalue weighted by Crippen LogP contribution is -2.60. The highest BCUT2D eigenvalue weighted by Crippen LogP contribution is 2.50. The van der Waals surface area contributed by atoms with Crippen LogP contribution >= 0.6 is 11.3 Å². The second-order valence-corrected chi connectivity index (χ2v) is 18.7. The second-order valence-electron chi connectivity index (χ2n) is 17.7. The van der Waals surface area contributed by atoms with Crippen LogP contribution in [0.25, 0.3) is 33.4 Å². The molecule has 8 rings (SSSR count). The molecule has 4 aromatic rings. The van der Waals surface area contributed by atoms with Gasteiger partial charge in [0.25, 0.3) is 5.91 Å². The molecule has 3 aliphatic heterocycles. The minimum Gasteiger partial charge on any atom is -0.464 e. The smallest absolute Gasteiger partial charge is 0.392 e. The molecule has 17 heteroatoms. The molecule has 2 N–H and O–H groups in total. The molecule has 2 amide bonds. The van der Waals surface area contributed by atoms with E-state index in [9.17, 15) is 27.6 Å².